The number of aromatic nitrogens is 3. The zero-order valence-corrected chi connectivity index (χ0v) is 19.7. The highest BCUT2D eigenvalue weighted by atomic mass is 32.2. The van der Waals surface area contributed by atoms with Crippen LogP contribution in [-0.2, 0) is 17.6 Å². The quantitative estimate of drug-likeness (QED) is 0.326. The summed E-state index contributed by atoms with van der Waals surface area (Å²) in [5.41, 5.74) is 5.02. The number of nitrogens with two attached hydrogens (primary N) is 1. The Bertz CT molecular complexity index is 1270. The average Bonchev–Trinajstić information content (AvgIpc) is 3.14. The van der Waals surface area contributed by atoms with E-state index in [-0.39, 0.29) is 11.7 Å². The van der Waals surface area contributed by atoms with Crippen LogP contribution in [0.3, 0.4) is 0 Å². The van der Waals surface area contributed by atoms with E-state index in [2.05, 4.69) is 22.3 Å². The molecule has 8 heteroatoms. The molecule has 4 aromatic rings. The first-order valence-electron chi connectivity index (χ1n) is 11.2. The van der Waals surface area contributed by atoms with Gasteiger partial charge in [-0.25, -0.2) is 4.68 Å². The number of benzene rings is 3. The fraction of sp³-hybridized carbons (Fsp3) is 0.192. The van der Waals surface area contributed by atoms with Crippen LogP contribution in [0.1, 0.15) is 18.1 Å². The smallest absolute Gasteiger partial charge is 0.242 e. The Balaban J connectivity index is 1.37. The number of hydrogen-bond acceptors (Lipinski definition) is 6. The largest absolute Gasteiger partial charge is 0.494 e. The zero-order chi connectivity index (χ0) is 23.5. The molecule has 1 amide bonds. The lowest BCUT2D eigenvalue weighted by Crippen LogP contribution is -2.28. The van der Waals surface area contributed by atoms with Gasteiger partial charge in [-0.1, -0.05) is 48.2 Å². The molecule has 0 radical (unpaired) electrons. The number of nitrogen functional groups attached to an aromatic ring is 1. The maximum Gasteiger partial charge on any atom is 0.242 e. The molecule has 0 spiro atoms. The molecule has 0 atom stereocenters. The fourth-order valence-corrected chi connectivity index (χ4v) is 4.88. The Morgan fingerprint density at radius 3 is 2.18 bits per heavy atom. The molecular formula is C26H25N5O2S. The number of nitrogens with zero attached hydrogens (tertiary/aromatic N) is 4. The number of anilines is 2. The maximum absolute atomic E-state index is 13.5. The monoisotopic (exact) mass is 471 g/mol. The minimum Gasteiger partial charge on any atom is -0.494 e. The normalized spacial score (nSPS) is 12.6. The van der Waals surface area contributed by atoms with Crippen LogP contribution in [0.25, 0.3) is 11.4 Å². The Labute approximate surface area is 202 Å². The number of carbonyl (C=O) groups is 1. The number of ether oxygens (including phenoxy) is 1. The van der Waals surface area contributed by atoms with E-state index in [9.17, 15) is 4.79 Å². The second-order valence-corrected chi connectivity index (χ2v) is 8.85. The molecular weight excluding hydrogens is 446 g/mol. The number of thioether (sulfide) groups is 1. The van der Waals surface area contributed by atoms with Crippen molar-refractivity contribution in [2.75, 3.05) is 23.1 Å². The van der Waals surface area contributed by atoms with E-state index in [0.29, 0.717) is 17.6 Å². The molecule has 7 nitrogen and oxygen atoms in total. The van der Waals surface area contributed by atoms with Gasteiger partial charge in [0.05, 0.1) is 23.7 Å². The molecule has 34 heavy (non-hydrogen) atoms. The number of carbonyl (C=O) groups excluding carboxylic acids is 1. The highest BCUT2D eigenvalue weighted by Crippen LogP contribution is 2.36. The standard InChI is InChI=1S/C26H25N5O2S/c1-2-33-21-15-13-20(14-16-21)25-28-29-26(31(25)27)34-17-24(32)30-22-9-5-3-7-18(22)11-12-19-8-4-6-10-23(19)30/h3-10,13-16H,2,11-12,17,27H2,1H3. The summed E-state index contributed by atoms with van der Waals surface area (Å²) in [5, 5.41) is 8.94. The molecule has 0 saturated carbocycles. The van der Waals surface area contributed by atoms with Crippen molar-refractivity contribution in [3.63, 3.8) is 0 Å². The van der Waals surface area contributed by atoms with Crippen molar-refractivity contribution in [1.82, 2.24) is 14.9 Å². The number of fused-ring (bicyclic) bond motifs is 2. The van der Waals surface area contributed by atoms with Crippen molar-refractivity contribution in [2.24, 2.45) is 0 Å². The molecule has 2 N–H and O–H groups in total. The summed E-state index contributed by atoms with van der Waals surface area (Å²) in [6.07, 6.45) is 1.79. The van der Waals surface area contributed by atoms with Crippen LogP contribution in [0.4, 0.5) is 11.4 Å². The van der Waals surface area contributed by atoms with E-state index >= 15 is 0 Å². The fourth-order valence-electron chi connectivity index (χ4n) is 4.18. The van der Waals surface area contributed by atoms with Crippen LogP contribution in [0, 0.1) is 0 Å². The first-order chi connectivity index (χ1) is 16.7. The van der Waals surface area contributed by atoms with Crippen LogP contribution < -0.4 is 15.5 Å². The molecule has 5 rings (SSSR count). The van der Waals surface area contributed by atoms with Gasteiger partial charge in [0.2, 0.25) is 11.1 Å². The Morgan fingerprint density at radius 1 is 0.941 bits per heavy atom. The van der Waals surface area contributed by atoms with E-state index in [1.54, 1.807) is 0 Å². The van der Waals surface area contributed by atoms with Gasteiger partial charge in [-0.3, -0.25) is 9.69 Å². The van der Waals surface area contributed by atoms with E-state index in [1.165, 1.54) is 16.4 Å². The van der Waals surface area contributed by atoms with Gasteiger partial charge < -0.3 is 10.6 Å². The molecule has 1 aromatic heterocycles. The van der Waals surface area contributed by atoms with E-state index in [1.807, 2.05) is 72.5 Å². The van der Waals surface area contributed by atoms with E-state index in [0.717, 1.165) is 46.7 Å². The lowest BCUT2D eigenvalue weighted by molar-refractivity contribution is -0.115. The van der Waals surface area contributed by atoms with Crippen LogP contribution in [0.5, 0.6) is 5.75 Å². The summed E-state index contributed by atoms with van der Waals surface area (Å²) in [5.74, 6) is 7.76. The summed E-state index contributed by atoms with van der Waals surface area (Å²) in [4.78, 5) is 15.4. The summed E-state index contributed by atoms with van der Waals surface area (Å²) >= 11 is 1.28. The number of amides is 1. The minimum atomic E-state index is -0.0302. The van der Waals surface area contributed by atoms with Gasteiger partial charge in [-0.15, -0.1) is 10.2 Å². The van der Waals surface area contributed by atoms with Crippen LogP contribution in [0.15, 0.2) is 78.0 Å². The first kappa shape index (κ1) is 22.0. The third-order valence-corrected chi connectivity index (χ3v) is 6.72. The van der Waals surface area contributed by atoms with Gasteiger partial charge in [0, 0.05) is 5.56 Å². The second-order valence-electron chi connectivity index (χ2n) is 7.91. The van der Waals surface area contributed by atoms with Crippen molar-refractivity contribution in [1.29, 1.82) is 0 Å². The lowest BCUT2D eigenvalue weighted by atomic mass is 10.0. The van der Waals surface area contributed by atoms with Crippen molar-refractivity contribution >= 4 is 29.0 Å². The molecule has 3 aromatic carbocycles. The molecule has 1 aliphatic heterocycles. The Morgan fingerprint density at radius 2 is 1.56 bits per heavy atom. The Hall–Kier alpha value is -3.78. The maximum atomic E-state index is 13.5. The number of para-hydroxylation sites is 2. The zero-order valence-electron chi connectivity index (χ0n) is 18.8. The minimum absolute atomic E-state index is 0.0302. The van der Waals surface area contributed by atoms with Crippen molar-refractivity contribution in [2.45, 2.75) is 24.9 Å². The molecule has 0 aliphatic carbocycles. The van der Waals surface area contributed by atoms with E-state index in [4.69, 9.17) is 10.6 Å². The average molecular weight is 472 g/mol. The summed E-state index contributed by atoms with van der Waals surface area (Å²) in [7, 11) is 0. The van der Waals surface area contributed by atoms with Gasteiger partial charge >= 0.3 is 0 Å². The summed E-state index contributed by atoms with van der Waals surface area (Å²) in [6, 6.07) is 23.7. The predicted octanol–water partition coefficient (Wildman–Crippen LogP) is 4.61. The lowest BCUT2D eigenvalue weighted by Gasteiger charge is -2.24. The van der Waals surface area contributed by atoms with Gasteiger partial charge in [-0.2, -0.15) is 0 Å². The van der Waals surface area contributed by atoms with Gasteiger partial charge in [0.15, 0.2) is 5.82 Å². The van der Waals surface area contributed by atoms with E-state index < -0.39 is 0 Å². The first-order valence-corrected chi connectivity index (χ1v) is 12.2. The highest BCUT2D eigenvalue weighted by molar-refractivity contribution is 7.99. The van der Waals surface area contributed by atoms with Gasteiger partial charge in [0.1, 0.15) is 5.75 Å². The Kier molecular flexibility index (Phi) is 6.22. The highest BCUT2D eigenvalue weighted by Gasteiger charge is 2.26. The van der Waals surface area contributed by atoms with Gasteiger partial charge in [0.25, 0.3) is 0 Å². The van der Waals surface area contributed by atoms with Crippen molar-refractivity contribution < 1.29 is 9.53 Å². The van der Waals surface area contributed by atoms with Crippen LogP contribution >= 0.6 is 11.8 Å². The topological polar surface area (TPSA) is 86.3 Å². The summed E-state index contributed by atoms with van der Waals surface area (Å²) < 4.78 is 6.92. The van der Waals surface area contributed by atoms with Crippen LogP contribution in [0.2, 0.25) is 0 Å². The van der Waals surface area contributed by atoms with Gasteiger partial charge in [-0.05, 0) is 67.3 Å². The molecule has 1 aliphatic rings. The third-order valence-electron chi connectivity index (χ3n) is 5.79. The molecule has 0 bridgehead atoms. The molecule has 0 saturated heterocycles. The number of rotatable bonds is 6. The SMILES string of the molecule is CCOc1ccc(-c2nnc(SCC(=O)N3c4ccccc4CCc4ccccc43)n2N)cc1. The molecule has 0 unspecified atom stereocenters. The summed E-state index contributed by atoms with van der Waals surface area (Å²) in [6.45, 7) is 2.55. The van der Waals surface area contributed by atoms with Crippen molar-refractivity contribution in [3.8, 4) is 17.1 Å². The van der Waals surface area contributed by atoms with Crippen molar-refractivity contribution in [3.05, 3.63) is 83.9 Å². The molecule has 0 fully saturated rings. The predicted molar refractivity (Wildman–Crippen MR) is 135 cm³/mol. The molecule has 172 valence electrons. The molecule has 2 heterocycles. The van der Waals surface area contributed by atoms with Crippen LogP contribution in [-0.4, -0.2) is 33.1 Å². The number of hydrogen-bond donors (Lipinski definition) is 1. The number of aryl methyl sites for hydroxylation is 2. The third kappa shape index (κ3) is 4.24. The second kappa shape index (κ2) is 9.61.